The van der Waals surface area contributed by atoms with Gasteiger partial charge in [0.05, 0.1) is 6.34 Å². The molecule has 0 aromatic rings. The van der Waals surface area contributed by atoms with Crippen LogP contribution in [-0.4, -0.2) is 24.0 Å². The highest BCUT2D eigenvalue weighted by atomic mass is 35.5. The number of halogens is 1. The van der Waals surface area contributed by atoms with E-state index < -0.39 is 5.97 Å². The van der Waals surface area contributed by atoms with Crippen LogP contribution in [0.4, 0.5) is 0 Å². The molecule has 0 aromatic heterocycles. The number of aliphatic imine (C=N–C) groups is 1. The Hall–Kier alpha value is -0.770. The van der Waals surface area contributed by atoms with Gasteiger partial charge in [-0.15, -0.1) is 12.4 Å². The molecule has 0 aliphatic heterocycles. The average molecular weight is 139 g/mol. The molecular weight excluding hydrogens is 131 g/mol. The minimum absolute atomic E-state index is 0. The standard InChI is InChI=1S/C3H6N2O2.ClH/c4-2-5-1-3(6)7;/h2H,1H2,(H2,4,5)(H,6,7);1H. The molecule has 0 saturated heterocycles. The van der Waals surface area contributed by atoms with Gasteiger partial charge < -0.3 is 10.8 Å². The smallest absolute Gasteiger partial charge is 0.325 e. The first-order chi connectivity index (χ1) is 3.27. The Kier molecular flexibility index (Phi) is 7.99. The molecule has 0 fully saturated rings. The summed E-state index contributed by atoms with van der Waals surface area (Å²) < 4.78 is 0. The van der Waals surface area contributed by atoms with Crippen molar-refractivity contribution < 1.29 is 9.90 Å². The number of rotatable bonds is 2. The molecule has 5 heteroatoms. The number of carboxylic acids is 1. The number of nitrogens with two attached hydrogens (primary N) is 1. The van der Waals surface area contributed by atoms with Gasteiger partial charge in [0.25, 0.3) is 0 Å². The van der Waals surface area contributed by atoms with Gasteiger partial charge >= 0.3 is 5.97 Å². The third-order valence-electron chi connectivity index (χ3n) is 0.332. The van der Waals surface area contributed by atoms with E-state index in [0.29, 0.717) is 0 Å². The first kappa shape index (κ1) is 10.3. The monoisotopic (exact) mass is 138 g/mol. The predicted octanol–water partition coefficient (Wildman–Crippen LogP) is -0.520. The predicted molar refractivity (Wildman–Crippen MR) is 32.4 cm³/mol. The molecule has 0 aromatic carbocycles. The summed E-state index contributed by atoms with van der Waals surface area (Å²) in [7, 11) is 0. The van der Waals surface area contributed by atoms with Crippen LogP contribution in [-0.2, 0) is 4.79 Å². The molecule has 0 radical (unpaired) electrons. The Balaban J connectivity index is 0. The van der Waals surface area contributed by atoms with Crippen LogP contribution in [0, 0.1) is 0 Å². The maximum absolute atomic E-state index is 9.59. The molecule has 0 atom stereocenters. The van der Waals surface area contributed by atoms with E-state index in [9.17, 15) is 4.79 Å². The third-order valence-corrected chi connectivity index (χ3v) is 0.332. The second-order valence-electron chi connectivity index (χ2n) is 0.883. The van der Waals surface area contributed by atoms with E-state index in [2.05, 4.69) is 4.99 Å². The van der Waals surface area contributed by atoms with Crippen LogP contribution >= 0.6 is 12.4 Å². The fourth-order valence-electron chi connectivity index (χ4n) is 0.131. The van der Waals surface area contributed by atoms with Crippen molar-refractivity contribution in [2.45, 2.75) is 0 Å². The Labute approximate surface area is 52.8 Å². The van der Waals surface area contributed by atoms with E-state index in [1.165, 1.54) is 0 Å². The van der Waals surface area contributed by atoms with E-state index in [1.807, 2.05) is 0 Å². The van der Waals surface area contributed by atoms with Crippen LogP contribution in [0.15, 0.2) is 4.99 Å². The Morgan fingerprint density at radius 2 is 2.38 bits per heavy atom. The molecule has 3 N–H and O–H groups in total. The van der Waals surface area contributed by atoms with Crippen LogP contribution in [0.1, 0.15) is 0 Å². The van der Waals surface area contributed by atoms with Gasteiger partial charge in [-0.05, 0) is 0 Å². The van der Waals surface area contributed by atoms with Gasteiger partial charge in [-0.2, -0.15) is 0 Å². The molecule has 48 valence electrons. The minimum atomic E-state index is -0.971. The van der Waals surface area contributed by atoms with E-state index in [0.717, 1.165) is 6.34 Å². The zero-order valence-corrected chi connectivity index (χ0v) is 4.89. The summed E-state index contributed by atoms with van der Waals surface area (Å²) in [6.07, 6.45) is 0.966. The summed E-state index contributed by atoms with van der Waals surface area (Å²) in [5, 5.41) is 7.88. The second kappa shape index (κ2) is 6.23. The molecule has 0 aliphatic rings. The largest absolute Gasteiger partial charge is 0.480 e. The van der Waals surface area contributed by atoms with Crippen LogP contribution in [0.5, 0.6) is 0 Å². The highest BCUT2D eigenvalue weighted by Gasteiger charge is 1.86. The molecular formula is C3H7ClN2O2. The van der Waals surface area contributed by atoms with Crippen molar-refractivity contribution >= 4 is 24.7 Å². The maximum Gasteiger partial charge on any atom is 0.325 e. The first-order valence-corrected chi connectivity index (χ1v) is 1.69. The van der Waals surface area contributed by atoms with Crippen molar-refractivity contribution in [3.05, 3.63) is 0 Å². The molecule has 0 heterocycles. The molecule has 0 aliphatic carbocycles. The summed E-state index contributed by atoms with van der Waals surface area (Å²) in [6, 6.07) is 0. The SMILES string of the molecule is Cl.NC=NCC(=O)O. The zero-order valence-electron chi connectivity index (χ0n) is 4.07. The third kappa shape index (κ3) is 8.97. The van der Waals surface area contributed by atoms with E-state index in [4.69, 9.17) is 10.8 Å². The van der Waals surface area contributed by atoms with Crippen LogP contribution in [0.2, 0.25) is 0 Å². The van der Waals surface area contributed by atoms with Crippen molar-refractivity contribution in [1.82, 2.24) is 0 Å². The Morgan fingerprint density at radius 1 is 1.88 bits per heavy atom. The van der Waals surface area contributed by atoms with Gasteiger partial charge in [0, 0.05) is 0 Å². The number of nitrogens with zero attached hydrogens (tertiary/aromatic N) is 1. The second-order valence-corrected chi connectivity index (χ2v) is 0.883. The molecule has 0 unspecified atom stereocenters. The topological polar surface area (TPSA) is 75.7 Å². The summed E-state index contributed by atoms with van der Waals surface area (Å²) in [4.78, 5) is 12.8. The van der Waals surface area contributed by atoms with Gasteiger partial charge in [-0.1, -0.05) is 0 Å². The number of aliphatic carboxylic acids is 1. The fourth-order valence-corrected chi connectivity index (χ4v) is 0.131. The molecule has 0 spiro atoms. The molecule has 0 saturated carbocycles. The summed E-state index contributed by atoms with van der Waals surface area (Å²) >= 11 is 0. The quantitative estimate of drug-likeness (QED) is 0.398. The minimum Gasteiger partial charge on any atom is -0.480 e. The van der Waals surface area contributed by atoms with Crippen molar-refractivity contribution in [2.75, 3.05) is 6.54 Å². The van der Waals surface area contributed by atoms with Crippen molar-refractivity contribution in [2.24, 2.45) is 10.7 Å². The van der Waals surface area contributed by atoms with Gasteiger partial charge in [0.15, 0.2) is 0 Å². The average Bonchev–Trinajstić information content (AvgIpc) is 1.61. The number of hydrogen-bond donors (Lipinski definition) is 2. The van der Waals surface area contributed by atoms with E-state index >= 15 is 0 Å². The van der Waals surface area contributed by atoms with Gasteiger partial charge in [0.2, 0.25) is 0 Å². The lowest BCUT2D eigenvalue weighted by Crippen LogP contribution is -2.01. The van der Waals surface area contributed by atoms with Crippen molar-refractivity contribution in [3.8, 4) is 0 Å². The van der Waals surface area contributed by atoms with Gasteiger partial charge in [-0.3, -0.25) is 9.79 Å². The van der Waals surface area contributed by atoms with Crippen molar-refractivity contribution in [3.63, 3.8) is 0 Å². The molecule has 0 bridgehead atoms. The summed E-state index contributed by atoms with van der Waals surface area (Å²) in [5.41, 5.74) is 4.72. The molecule has 0 amide bonds. The molecule has 4 nitrogen and oxygen atoms in total. The van der Waals surface area contributed by atoms with Crippen LogP contribution in [0.25, 0.3) is 0 Å². The maximum atomic E-state index is 9.59. The fraction of sp³-hybridized carbons (Fsp3) is 0.333. The first-order valence-electron chi connectivity index (χ1n) is 1.69. The van der Waals surface area contributed by atoms with E-state index in [-0.39, 0.29) is 19.0 Å². The van der Waals surface area contributed by atoms with Gasteiger partial charge in [0.1, 0.15) is 6.54 Å². The number of carbonyl (C=O) groups is 1. The molecule has 8 heavy (non-hydrogen) atoms. The molecule has 0 rings (SSSR count). The van der Waals surface area contributed by atoms with Gasteiger partial charge in [-0.25, -0.2) is 0 Å². The Morgan fingerprint density at radius 3 is 2.50 bits per heavy atom. The lowest BCUT2D eigenvalue weighted by Gasteiger charge is -1.78. The summed E-state index contributed by atoms with van der Waals surface area (Å²) in [6.45, 7) is -0.240. The van der Waals surface area contributed by atoms with E-state index in [1.54, 1.807) is 0 Å². The summed E-state index contributed by atoms with van der Waals surface area (Å²) in [5.74, 6) is -0.971. The normalized spacial score (nSPS) is 8.50. The lowest BCUT2D eigenvalue weighted by atomic mass is 10.7. The highest BCUT2D eigenvalue weighted by molar-refractivity contribution is 5.85. The highest BCUT2D eigenvalue weighted by Crippen LogP contribution is 1.62. The zero-order chi connectivity index (χ0) is 5.70. The van der Waals surface area contributed by atoms with Crippen LogP contribution in [0.3, 0.4) is 0 Å². The van der Waals surface area contributed by atoms with Crippen molar-refractivity contribution in [1.29, 1.82) is 0 Å². The lowest BCUT2D eigenvalue weighted by molar-refractivity contribution is -0.135. The Bertz CT molecular complexity index is 93.3. The number of hydrogen-bond acceptors (Lipinski definition) is 2. The number of carboxylic acid groups (broad SMARTS) is 1. The van der Waals surface area contributed by atoms with Crippen LogP contribution < -0.4 is 5.73 Å².